The number of nitro benzene ring substituents is 1. The Morgan fingerprint density at radius 2 is 2.29 bits per heavy atom. The van der Waals surface area contributed by atoms with Gasteiger partial charge in [-0.1, -0.05) is 12.1 Å². The molecule has 1 aromatic rings. The van der Waals surface area contributed by atoms with E-state index >= 15 is 0 Å². The van der Waals surface area contributed by atoms with Crippen LogP contribution < -0.4 is 10.6 Å². The predicted molar refractivity (Wildman–Crippen MR) is 76.9 cm³/mol. The third-order valence-corrected chi connectivity index (χ3v) is 3.51. The molecule has 0 spiro atoms. The maximum absolute atomic E-state index is 11.8. The molecule has 7 heteroatoms. The average molecular weight is 293 g/mol. The van der Waals surface area contributed by atoms with Crippen molar-refractivity contribution in [3.63, 3.8) is 0 Å². The van der Waals surface area contributed by atoms with Crippen LogP contribution in [0.25, 0.3) is 0 Å². The lowest BCUT2D eigenvalue weighted by Gasteiger charge is -2.38. The molecule has 2 rings (SSSR count). The van der Waals surface area contributed by atoms with Gasteiger partial charge in [0.25, 0.3) is 5.69 Å². The van der Waals surface area contributed by atoms with E-state index in [0.717, 1.165) is 13.1 Å². The zero-order chi connectivity index (χ0) is 15.5. The summed E-state index contributed by atoms with van der Waals surface area (Å²) in [6.45, 7) is 5.18. The largest absolute Gasteiger partial charge is 0.363 e. The first-order valence-electron chi connectivity index (χ1n) is 6.78. The Hall–Kier alpha value is -1.99. The summed E-state index contributed by atoms with van der Waals surface area (Å²) in [5.41, 5.74) is 0.429. The van der Waals surface area contributed by atoms with Crippen molar-refractivity contribution in [3.05, 3.63) is 39.9 Å². The maximum Gasteiger partial charge on any atom is 0.269 e. The summed E-state index contributed by atoms with van der Waals surface area (Å²) in [7, 11) is 0. The molecule has 1 heterocycles. The Morgan fingerprint density at radius 1 is 1.57 bits per heavy atom. The molecule has 1 saturated heterocycles. The minimum atomic E-state index is -0.453. The molecule has 0 radical (unpaired) electrons. The molecule has 1 atom stereocenters. The van der Waals surface area contributed by atoms with E-state index in [2.05, 4.69) is 10.6 Å². The van der Waals surface area contributed by atoms with Crippen LogP contribution in [0.1, 0.15) is 25.5 Å². The summed E-state index contributed by atoms with van der Waals surface area (Å²) < 4.78 is 5.54. The van der Waals surface area contributed by atoms with Gasteiger partial charge in [-0.05, 0) is 19.4 Å². The number of amides is 1. The first kappa shape index (κ1) is 15.4. The lowest BCUT2D eigenvalue weighted by Crippen LogP contribution is -2.59. The van der Waals surface area contributed by atoms with Crippen LogP contribution >= 0.6 is 0 Å². The van der Waals surface area contributed by atoms with E-state index in [-0.39, 0.29) is 29.8 Å². The van der Waals surface area contributed by atoms with Gasteiger partial charge in [0.2, 0.25) is 5.91 Å². The van der Waals surface area contributed by atoms with Crippen molar-refractivity contribution in [2.45, 2.75) is 25.5 Å². The van der Waals surface area contributed by atoms with Gasteiger partial charge < -0.3 is 15.4 Å². The number of benzene rings is 1. The first-order valence-corrected chi connectivity index (χ1v) is 6.78. The van der Waals surface area contributed by atoms with Crippen LogP contribution in [-0.2, 0) is 9.53 Å². The third-order valence-electron chi connectivity index (χ3n) is 3.51. The summed E-state index contributed by atoms with van der Waals surface area (Å²) in [4.78, 5) is 22.1. The number of nitro groups is 1. The van der Waals surface area contributed by atoms with E-state index in [9.17, 15) is 14.9 Å². The van der Waals surface area contributed by atoms with Crippen LogP contribution in [0.4, 0.5) is 5.69 Å². The number of carbonyl (C=O) groups excluding carboxylic acids is 1. The zero-order valence-corrected chi connectivity index (χ0v) is 12.1. The standard InChI is InChI=1S/C14H19N3O4/c1-10(11-4-3-5-12(6-11)17(19)20)16-13(18)7-21-14(2)8-15-9-14/h3-6,10,15H,7-9H2,1-2H3,(H,16,18). The van der Waals surface area contributed by atoms with Crippen molar-refractivity contribution in [1.82, 2.24) is 10.6 Å². The Balaban J connectivity index is 1.88. The molecule has 1 fully saturated rings. The second kappa shape index (κ2) is 6.19. The van der Waals surface area contributed by atoms with Gasteiger partial charge in [0, 0.05) is 25.2 Å². The number of nitrogens with one attached hydrogen (secondary N) is 2. The highest BCUT2D eigenvalue weighted by Crippen LogP contribution is 2.19. The monoisotopic (exact) mass is 293 g/mol. The Kier molecular flexibility index (Phi) is 4.54. The molecule has 0 aliphatic carbocycles. The van der Waals surface area contributed by atoms with Gasteiger partial charge in [0.05, 0.1) is 16.6 Å². The van der Waals surface area contributed by atoms with Crippen molar-refractivity contribution in [1.29, 1.82) is 0 Å². The van der Waals surface area contributed by atoms with Crippen molar-refractivity contribution in [2.24, 2.45) is 0 Å². The van der Waals surface area contributed by atoms with Gasteiger partial charge in [0.15, 0.2) is 0 Å². The SMILES string of the molecule is CC(NC(=O)COC1(C)CNC1)c1cccc([N+](=O)[O-])c1. The molecule has 0 aromatic heterocycles. The Labute approximate surface area is 122 Å². The number of non-ortho nitro benzene ring substituents is 1. The van der Waals surface area contributed by atoms with Crippen LogP contribution in [0.5, 0.6) is 0 Å². The van der Waals surface area contributed by atoms with Gasteiger partial charge >= 0.3 is 0 Å². The summed E-state index contributed by atoms with van der Waals surface area (Å²) in [6, 6.07) is 5.92. The molecule has 114 valence electrons. The molecular formula is C14H19N3O4. The second-order valence-electron chi connectivity index (χ2n) is 5.48. The van der Waals surface area contributed by atoms with Gasteiger partial charge in [-0.2, -0.15) is 0 Å². The van der Waals surface area contributed by atoms with E-state index in [4.69, 9.17) is 4.74 Å². The number of ether oxygens (including phenoxy) is 1. The van der Waals surface area contributed by atoms with Crippen LogP contribution in [0.2, 0.25) is 0 Å². The quantitative estimate of drug-likeness (QED) is 0.606. The highest BCUT2D eigenvalue weighted by atomic mass is 16.6. The molecular weight excluding hydrogens is 274 g/mol. The minimum absolute atomic E-state index is 0.0119. The van der Waals surface area contributed by atoms with Gasteiger partial charge in [-0.3, -0.25) is 14.9 Å². The molecule has 1 aliphatic heterocycles. The molecule has 21 heavy (non-hydrogen) atoms. The van der Waals surface area contributed by atoms with Crippen LogP contribution in [-0.4, -0.2) is 36.1 Å². The fourth-order valence-corrected chi connectivity index (χ4v) is 2.09. The fourth-order valence-electron chi connectivity index (χ4n) is 2.09. The van der Waals surface area contributed by atoms with Crippen molar-refractivity contribution in [2.75, 3.05) is 19.7 Å². The first-order chi connectivity index (χ1) is 9.89. The summed E-state index contributed by atoms with van der Waals surface area (Å²) in [5.74, 6) is -0.234. The lowest BCUT2D eigenvalue weighted by atomic mass is 10.0. The van der Waals surface area contributed by atoms with Crippen molar-refractivity contribution >= 4 is 11.6 Å². The van der Waals surface area contributed by atoms with Crippen molar-refractivity contribution < 1.29 is 14.5 Å². The van der Waals surface area contributed by atoms with E-state index in [1.807, 2.05) is 6.92 Å². The fraction of sp³-hybridized carbons (Fsp3) is 0.500. The topological polar surface area (TPSA) is 93.5 Å². The molecule has 1 aliphatic rings. The van der Waals surface area contributed by atoms with E-state index < -0.39 is 4.92 Å². The average Bonchev–Trinajstić information content (AvgIpc) is 2.43. The van der Waals surface area contributed by atoms with E-state index in [0.29, 0.717) is 5.56 Å². The van der Waals surface area contributed by atoms with E-state index in [1.54, 1.807) is 19.1 Å². The number of rotatable bonds is 6. The van der Waals surface area contributed by atoms with E-state index in [1.165, 1.54) is 12.1 Å². The van der Waals surface area contributed by atoms with Gasteiger partial charge in [-0.15, -0.1) is 0 Å². The molecule has 7 nitrogen and oxygen atoms in total. The predicted octanol–water partition coefficient (Wildman–Crippen LogP) is 1.15. The zero-order valence-electron chi connectivity index (χ0n) is 12.1. The van der Waals surface area contributed by atoms with Crippen molar-refractivity contribution in [3.8, 4) is 0 Å². The molecule has 0 saturated carbocycles. The highest BCUT2D eigenvalue weighted by Gasteiger charge is 2.33. The second-order valence-corrected chi connectivity index (χ2v) is 5.48. The molecule has 0 bridgehead atoms. The minimum Gasteiger partial charge on any atom is -0.363 e. The number of nitrogens with zero attached hydrogens (tertiary/aromatic N) is 1. The van der Waals surface area contributed by atoms with Crippen LogP contribution in [0.3, 0.4) is 0 Å². The molecule has 1 amide bonds. The summed E-state index contributed by atoms with van der Waals surface area (Å²) >= 11 is 0. The molecule has 2 N–H and O–H groups in total. The Morgan fingerprint density at radius 3 is 2.86 bits per heavy atom. The number of hydrogen-bond donors (Lipinski definition) is 2. The normalized spacial score (nSPS) is 17.6. The Bertz CT molecular complexity index is 543. The highest BCUT2D eigenvalue weighted by molar-refractivity contribution is 5.77. The number of carbonyl (C=O) groups is 1. The smallest absolute Gasteiger partial charge is 0.269 e. The third kappa shape index (κ3) is 3.99. The molecule has 1 aromatic carbocycles. The summed E-state index contributed by atoms with van der Waals surface area (Å²) in [6.07, 6.45) is 0. The van der Waals surface area contributed by atoms with Crippen LogP contribution in [0.15, 0.2) is 24.3 Å². The summed E-state index contributed by atoms with van der Waals surface area (Å²) in [5, 5.41) is 16.6. The number of hydrogen-bond acceptors (Lipinski definition) is 5. The van der Waals surface area contributed by atoms with Gasteiger partial charge in [-0.25, -0.2) is 0 Å². The van der Waals surface area contributed by atoms with Crippen LogP contribution in [0, 0.1) is 10.1 Å². The lowest BCUT2D eigenvalue weighted by molar-refractivity contribution is -0.384. The maximum atomic E-state index is 11.8. The molecule has 1 unspecified atom stereocenters. The van der Waals surface area contributed by atoms with Gasteiger partial charge in [0.1, 0.15) is 6.61 Å².